The lowest BCUT2D eigenvalue weighted by Gasteiger charge is -2.39. The summed E-state index contributed by atoms with van der Waals surface area (Å²) < 4.78 is 0. The summed E-state index contributed by atoms with van der Waals surface area (Å²) >= 11 is 0. The number of H-pyrrole nitrogens is 1. The van der Waals surface area contributed by atoms with E-state index in [1.165, 1.54) is 18.3 Å². The first-order valence-electron chi connectivity index (χ1n) is 6.66. The Kier molecular flexibility index (Phi) is 3.92. The zero-order valence-electron chi connectivity index (χ0n) is 11.3. The summed E-state index contributed by atoms with van der Waals surface area (Å²) in [5.74, 6) is -1.90. The number of hydrogen-bond acceptors (Lipinski definition) is 3. The molecule has 2 rings (SSSR count). The van der Waals surface area contributed by atoms with Crippen LogP contribution in [0.5, 0.6) is 0 Å². The van der Waals surface area contributed by atoms with Crippen molar-refractivity contribution in [2.75, 3.05) is 0 Å². The lowest BCUT2D eigenvalue weighted by Crippen LogP contribution is -2.55. The summed E-state index contributed by atoms with van der Waals surface area (Å²) in [5.41, 5.74) is -0.894. The number of rotatable bonds is 3. The number of amides is 1. The van der Waals surface area contributed by atoms with E-state index in [9.17, 15) is 19.5 Å². The van der Waals surface area contributed by atoms with Crippen molar-refractivity contribution in [1.29, 1.82) is 0 Å². The van der Waals surface area contributed by atoms with Crippen LogP contribution in [-0.2, 0) is 4.79 Å². The topological polar surface area (TPSA) is 99.3 Å². The van der Waals surface area contributed by atoms with Gasteiger partial charge in [0.1, 0.15) is 0 Å². The standard InChI is InChI=1S/C14H18N2O4/c1-14(6-3-2-4-10(14)13(19)20)16-12(18)9-5-7-15-11(17)8-9/h5,7-8,10H,2-4,6H2,1H3,(H,15,17)(H,16,18)(H,19,20). The number of nitrogens with one attached hydrogen (secondary N) is 2. The summed E-state index contributed by atoms with van der Waals surface area (Å²) in [4.78, 5) is 37.2. The van der Waals surface area contributed by atoms with Gasteiger partial charge in [0.15, 0.2) is 0 Å². The monoisotopic (exact) mass is 278 g/mol. The molecule has 0 bridgehead atoms. The third kappa shape index (κ3) is 2.89. The van der Waals surface area contributed by atoms with Gasteiger partial charge in [-0.05, 0) is 25.8 Å². The van der Waals surface area contributed by atoms with E-state index in [0.717, 1.165) is 12.8 Å². The summed E-state index contributed by atoms with van der Waals surface area (Å²) in [6, 6.07) is 2.70. The molecule has 1 aromatic heterocycles. The molecule has 1 aromatic rings. The van der Waals surface area contributed by atoms with E-state index in [-0.39, 0.29) is 11.1 Å². The van der Waals surface area contributed by atoms with Gasteiger partial charge in [0, 0.05) is 17.8 Å². The van der Waals surface area contributed by atoms with E-state index in [1.54, 1.807) is 6.92 Å². The molecule has 0 saturated heterocycles. The maximum Gasteiger partial charge on any atom is 0.308 e. The molecule has 2 atom stereocenters. The highest BCUT2D eigenvalue weighted by atomic mass is 16.4. The van der Waals surface area contributed by atoms with Gasteiger partial charge in [-0.15, -0.1) is 0 Å². The highest BCUT2D eigenvalue weighted by Crippen LogP contribution is 2.34. The Labute approximate surface area is 116 Å². The third-order valence-corrected chi connectivity index (χ3v) is 3.94. The average Bonchev–Trinajstić information content (AvgIpc) is 2.38. The molecule has 3 N–H and O–H groups in total. The van der Waals surface area contributed by atoms with Crippen molar-refractivity contribution in [3.05, 3.63) is 34.2 Å². The van der Waals surface area contributed by atoms with Crippen LogP contribution < -0.4 is 10.9 Å². The second-order valence-electron chi connectivity index (χ2n) is 5.45. The van der Waals surface area contributed by atoms with E-state index in [2.05, 4.69) is 10.3 Å². The normalized spacial score (nSPS) is 25.9. The van der Waals surface area contributed by atoms with Crippen molar-refractivity contribution in [1.82, 2.24) is 10.3 Å². The van der Waals surface area contributed by atoms with Crippen molar-refractivity contribution >= 4 is 11.9 Å². The minimum absolute atomic E-state index is 0.240. The van der Waals surface area contributed by atoms with Crippen molar-refractivity contribution in [2.24, 2.45) is 5.92 Å². The summed E-state index contributed by atoms with van der Waals surface area (Å²) in [5, 5.41) is 12.1. The number of carbonyl (C=O) groups is 2. The number of pyridine rings is 1. The van der Waals surface area contributed by atoms with Crippen LogP contribution in [0.4, 0.5) is 0 Å². The fourth-order valence-electron chi connectivity index (χ4n) is 2.80. The maximum atomic E-state index is 12.2. The minimum atomic E-state index is -0.890. The highest BCUT2D eigenvalue weighted by Gasteiger charge is 2.42. The van der Waals surface area contributed by atoms with Crippen LogP contribution in [0.3, 0.4) is 0 Å². The van der Waals surface area contributed by atoms with Gasteiger partial charge in [0.05, 0.1) is 11.5 Å². The van der Waals surface area contributed by atoms with E-state index >= 15 is 0 Å². The molecule has 0 aliphatic heterocycles. The lowest BCUT2D eigenvalue weighted by molar-refractivity contribution is -0.145. The van der Waals surface area contributed by atoms with Gasteiger partial charge in [-0.3, -0.25) is 14.4 Å². The zero-order valence-corrected chi connectivity index (χ0v) is 11.3. The Morgan fingerprint density at radius 2 is 2.20 bits per heavy atom. The number of hydrogen-bond donors (Lipinski definition) is 3. The van der Waals surface area contributed by atoms with E-state index in [1.807, 2.05) is 0 Å². The van der Waals surface area contributed by atoms with Crippen LogP contribution >= 0.6 is 0 Å². The molecule has 20 heavy (non-hydrogen) atoms. The average molecular weight is 278 g/mol. The Bertz CT molecular complexity index is 581. The van der Waals surface area contributed by atoms with E-state index in [4.69, 9.17) is 0 Å². The predicted octanol–water partition coefficient (Wildman–Crippen LogP) is 1.14. The van der Waals surface area contributed by atoms with Gasteiger partial charge < -0.3 is 15.4 Å². The number of aromatic nitrogens is 1. The van der Waals surface area contributed by atoms with Gasteiger partial charge in [-0.1, -0.05) is 12.8 Å². The molecular formula is C14H18N2O4. The molecule has 1 aliphatic rings. The molecule has 2 unspecified atom stereocenters. The van der Waals surface area contributed by atoms with Crippen molar-refractivity contribution in [3.63, 3.8) is 0 Å². The summed E-state index contributed by atoms with van der Waals surface area (Å²) in [7, 11) is 0. The molecule has 1 aliphatic carbocycles. The molecule has 0 spiro atoms. The number of aliphatic carboxylic acids is 1. The van der Waals surface area contributed by atoms with Crippen LogP contribution in [-0.4, -0.2) is 27.5 Å². The molecule has 6 nitrogen and oxygen atoms in total. The zero-order chi connectivity index (χ0) is 14.8. The Hall–Kier alpha value is -2.11. The van der Waals surface area contributed by atoms with E-state index in [0.29, 0.717) is 12.8 Å². The number of carbonyl (C=O) groups excluding carboxylic acids is 1. The first-order chi connectivity index (χ1) is 9.42. The van der Waals surface area contributed by atoms with E-state index < -0.39 is 23.3 Å². The van der Waals surface area contributed by atoms with Gasteiger partial charge in [-0.2, -0.15) is 0 Å². The van der Waals surface area contributed by atoms with Gasteiger partial charge in [0.25, 0.3) is 5.91 Å². The number of aromatic amines is 1. The first-order valence-corrected chi connectivity index (χ1v) is 6.66. The molecular weight excluding hydrogens is 260 g/mol. The van der Waals surface area contributed by atoms with Crippen LogP contribution in [0.2, 0.25) is 0 Å². The van der Waals surface area contributed by atoms with Crippen LogP contribution in [0, 0.1) is 5.92 Å². The Morgan fingerprint density at radius 1 is 1.45 bits per heavy atom. The smallest absolute Gasteiger partial charge is 0.308 e. The van der Waals surface area contributed by atoms with Crippen molar-refractivity contribution in [3.8, 4) is 0 Å². The quantitative estimate of drug-likeness (QED) is 0.772. The molecule has 1 heterocycles. The van der Waals surface area contributed by atoms with Crippen LogP contribution in [0.15, 0.2) is 23.1 Å². The summed E-state index contributed by atoms with van der Waals surface area (Å²) in [6.45, 7) is 1.76. The summed E-state index contributed by atoms with van der Waals surface area (Å²) in [6.07, 6.45) is 4.32. The van der Waals surface area contributed by atoms with Crippen LogP contribution in [0.1, 0.15) is 43.0 Å². The Balaban J connectivity index is 2.20. The molecule has 1 fully saturated rings. The second kappa shape index (κ2) is 5.48. The van der Waals surface area contributed by atoms with Crippen molar-refractivity contribution < 1.29 is 14.7 Å². The predicted molar refractivity (Wildman–Crippen MR) is 72.5 cm³/mol. The fraction of sp³-hybridized carbons (Fsp3) is 0.500. The number of carboxylic acid groups (broad SMARTS) is 1. The highest BCUT2D eigenvalue weighted by molar-refractivity contribution is 5.94. The Morgan fingerprint density at radius 3 is 2.85 bits per heavy atom. The third-order valence-electron chi connectivity index (χ3n) is 3.94. The maximum absolute atomic E-state index is 12.2. The van der Waals surface area contributed by atoms with Gasteiger partial charge >= 0.3 is 5.97 Å². The fourth-order valence-corrected chi connectivity index (χ4v) is 2.80. The SMILES string of the molecule is CC1(NC(=O)c2cc[nH]c(=O)c2)CCCCC1C(=O)O. The molecule has 108 valence electrons. The molecule has 1 amide bonds. The lowest BCUT2D eigenvalue weighted by atomic mass is 9.74. The molecule has 1 saturated carbocycles. The first kappa shape index (κ1) is 14.3. The van der Waals surface area contributed by atoms with Crippen LogP contribution in [0.25, 0.3) is 0 Å². The molecule has 0 radical (unpaired) electrons. The van der Waals surface area contributed by atoms with Gasteiger partial charge in [0.2, 0.25) is 5.56 Å². The van der Waals surface area contributed by atoms with Crippen molar-refractivity contribution in [2.45, 2.75) is 38.1 Å². The largest absolute Gasteiger partial charge is 0.481 e. The van der Waals surface area contributed by atoms with Gasteiger partial charge in [-0.25, -0.2) is 0 Å². The molecule has 0 aromatic carbocycles. The molecule has 6 heteroatoms. The second-order valence-corrected chi connectivity index (χ2v) is 5.45. The number of carboxylic acids is 1. The minimum Gasteiger partial charge on any atom is -0.481 e.